The number of nitrogens with one attached hydrogen (secondary N) is 1. The monoisotopic (exact) mass is 434 g/mol. The van der Waals surface area contributed by atoms with E-state index in [0.29, 0.717) is 30.1 Å². The topological polar surface area (TPSA) is 140 Å². The smallest absolute Gasteiger partial charge is 0.226 e. The molecule has 1 saturated carbocycles. The molecule has 5 N–H and O–H groups in total. The van der Waals surface area contributed by atoms with Gasteiger partial charge in [-0.05, 0) is 30.9 Å². The van der Waals surface area contributed by atoms with Gasteiger partial charge in [0.2, 0.25) is 5.95 Å². The molecule has 10 heteroatoms. The van der Waals surface area contributed by atoms with Crippen molar-refractivity contribution < 1.29 is 10.2 Å². The van der Waals surface area contributed by atoms with Crippen LogP contribution in [0.1, 0.15) is 29.6 Å². The van der Waals surface area contributed by atoms with E-state index < -0.39 is 18.2 Å². The Labute approximate surface area is 184 Å². The predicted octanol–water partition coefficient (Wildman–Crippen LogP) is 1.48. The van der Waals surface area contributed by atoms with Crippen molar-refractivity contribution in [3.8, 4) is 0 Å². The molecule has 3 heterocycles. The normalized spacial score (nSPS) is 23.1. The highest BCUT2D eigenvalue weighted by atomic mass is 16.3. The van der Waals surface area contributed by atoms with Crippen LogP contribution in [0.25, 0.3) is 11.2 Å². The molecule has 1 fully saturated rings. The number of fused-ring (bicyclic) bond motifs is 1. The van der Waals surface area contributed by atoms with Crippen molar-refractivity contribution in [2.75, 3.05) is 17.6 Å². The van der Waals surface area contributed by atoms with Crippen LogP contribution >= 0.6 is 0 Å². The van der Waals surface area contributed by atoms with E-state index >= 15 is 0 Å². The van der Waals surface area contributed by atoms with Crippen LogP contribution in [-0.2, 0) is 6.42 Å². The zero-order valence-electron chi connectivity index (χ0n) is 17.7. The number of nitrogens with two attached hydrogens (primary N) is 1. The highest BCUT2D eigenvalue weighted by molar-refractivity contribution is 5.83. The zero-order chi connectivity index (χ0) is 22.2. The van der Waals surface area contributed by atoms with Crippen molar-refractivity contribution in [1.82, 2.24) is 29.3 Å². The average molecular weight is 435 g/mol. The number of benzene rings is 1. The molecule has 1 aliphatic carbocycles. The Bertz CT molecular complexity index is 1220. The molecule has 32 heavy (non-hydrogen) atoms. The van der Waals surface area contributed by atoms with Gasteiger partial charge in [-0.2, -0.15) is 15.1 Å². The lowest BCUT2D eigenvalue weighted by Crippen LogP contribution is -2.30. The third-order valence-electron chi connectivity index (χ3n) is 6.04. The van der Waals surface area contributed by atoms with E-state index in [1.807, 2.05) is 31.3 Å². The molecule has 1 aliphatic rings. The first-order valence-electron chi connectivity index (χ1n) is 10.7. The zero-order valence-corrected chi connectivity index (χ0v) is 17.7. The number of imidazole rings is 1. The van der Waals surface area contributed by atoms with Crippen LogP contribution in [-0.4, -0.2) is 58.3 Å². The summed E-state index contributed by atoms with van der Waals surface area (Å²) in [7, 11) is 0. The van der Waals surface area contributed by atoms with Gasteiger partial charge in [-0.25, -0.2) is 4.98 Å². The molecule has 0 spiro atoms. The summed E-state index contributed by atoms with van der Waals surface area (Å²) in [4.78, 5) is 13.3. The second-order valence-electron chi connectivity index (χ2n) is 8.27. The molecule has 4 atom stereocenters. The molecule has 0 amide bonds. The molecule has 10 nitrogen and oxygen atoms in total. The van der Waals surface area contributed by atoms with E-state index in [1.165, 1.54) is 5.56 Å². The van der Waals surface area contributed by atoms with E-state index in [0.717, 1.165) is 12.0 Å². The molecule has 0 bridgehead atoms. The Balaban J connectivity index is 1.39. The summed E-state index contributed by atoms with van der Waals surface area (Å²) in [5, 5.41) is 29.0. The van der Waals surface area contributed by atoms with Crippen molar-refractivity contribution in [2.24, 2.45) is 0 Å². The molecule has 5 rings (SSSR count). The maximum absolute atomic E-state index is 10.8. The van der Waals surface area contributed by atoms with E-state index in [9.17, 15) is 10.2 Å². The highest BCUT2D eigenvalue weighted by Crippen LogP contribution is 2.39. The molecule has 0 unspecified atom stereocenters. The van der Waals surface area contributed by atoms with Crippen LogP contribution in [0.2, 0.25) is 0 Å². The van der Waals surface area contributed by atoms with Crippen molar-refractivity contribution in [1.29, 1.82) is 0 Å². The SMILES string of the molecule is Cc1cnn([C@H]2C[C@@H](n3cnc4c(N)nc(NCCc5ccccc5)nc43)[C@H](O)[C@@H]2O)c1. The van der Waals surface area contributed by atoms with Crippen LogP contribution in [0, 0.1) is 6.92 Å². The van der Waals surface area contributed by atoms with Crippen LogP contribution < -0.4 is 11.1 Å². The van der Waals surface area contributed by atoms with Gasteiger partial charge in [0.25, 0.3) is 0 Å². The first-order chi connectivity index (χ1) is 15.5. The Morgan fingerprint density at radius 2 is 1.91 bits per heavy atom. The lowest BCUT2D eigenvalue weighted by atomic mass is 10.1. The standard InChI is InChI=1S/C22H26N8O2/c1-13-10-26-30(11-13)16-9-15(18(31)19(16)32)29-12-25-17-20(23)27-22(28-21(17)29)24-8-7-14-5-3-2-4-6-14/h2-6,10-12,15-16,18-19,31-32H,7-9H2,1H3,(H3,23,24,27,28)/t15-,16+,18+,19-/m1/s1. The summed E-state index contributed by atoms with van der Waals surface area (Å²) < 4.78 is 3.49. The van der Waals surface area contributed by atoms with E-state index in [2.05, 4.69) is 37.5 Å². The largest absolute Gasteiger partial charge is 0.388 e. The maximum atomic E-state index is 10.8. The maximum Gasteiger partial charge on any atom is 0.226 e. The van der Waals surface area contributed by atoms with Crippen LogP contribution in [0.5, 0.6) is 0 Å². The van der Waals surface area contributed by atoms with Gasteiger partial charge in [0.1, 0.15) is 17.7 Å². The Hall–Kier alpha value is -3.50. The fourth-order valence-corrected chi connectivity index (χ4v) is 4.36. The minimum absolute atomic E-state index is 0.267. The number of aromatic nitrogens is 6. The summed E-state index contributed by atoms with van der Waals surface area (Å²) in [6.45, 7) is 2.59. The number of rotatable bonds is 6. The molecule has 166 valence electrons. The third kappa shape index (κ3) is 3.67. The molecule has 4 aromatic rings. The predicted molar refractivity (Wildman–Crippen MR) is 120 cm³/mol. The van der Waals surface area contributed by atoms with Crippen molar-refractivity contribution in [3.63, 3.8) is 0 Å². The van der Waals surface area contributed by atoms with Crippen molar-refractivity contribution in [3.05, 3.63) is 60.2 Å². The summed E-state index contributed by atoms with van der Waals surface area (Å²) in [5.74, 6) is 0.670. The average Bonchev–Trinajstić information content (AvgIpc) is 3.48. The molecule has 0 saturated heterocycles. The molecule has 3 aromatic heterocycles. The van der Waals surface area contributed by atoms with Crippen molar-refractivity contribution >= 4 is 22.9 Å². The summed E-state index contributed by atoms with van der Waals surface area (Å²) in [5.41, 5.74) is 9.34. The van der Waals surface area contributed by atoms with Crippen LogP contribution in [0.15, 0.2) is 49.1 Å². The number of hydrogen-bond acceptors (Lipinski definition) is 8. The highest BCUT2D eigenvalue weighted by Gasteiger charge is 2.44. The third-order valence-corrected chi connectivity index (χ3v) is 6.04. The Kier molecular flexibility index (Phi) is 5.24. The number of hydrogen-bond donors (Lipinski definition) is 4. The van der Waals surface area contributed by atoms with Gasteiger partial charge in [0, 0.05) is 12.7 Å². The molecule has 0 aliphatic heterocycles. The first kappa shape index (κ1) is 20.4. The number of anilines is 2. The Morgan fingerprint density at radius 1 is 1.12 bits per heavy atom. The van der Waals surface area contributed by atoms with Crippen LogP contribution in [0.4, 0.5) is 11.8 Å². The summed E-state index contributed by atoms with van der Waals surface area (Å²) in [6.07, 6.45) is 4.55. The fraction of sp³-hybridized carbons (Fsp3) is 0.364. The number of aliphatic hydroxyl groups is 2. The van der Waals surface area contributed by atoms with Gasteiger partial charge < -0.3 is 25.8 Å². The second-order valence-corrected chi connectivity index (χ2v) is 8.27. The van der Waals surface area contributed by atoms with Crippen molar-refractivity contribution in [2.45, 2.75) is 44.1 Å². The first-order valence-corrected chi connectivity index (χ1v) is 10.7. The minimum Gasteiger partial charge on any atom is -0.388 e. The summed E-state index contributed by atoms with van der Waals surface area (Å²) >= 11 is 0. The van der Waals surface area contributed by atoms with E-state index in [-0.39, 0.29) is 11.9 Å². The second kappa shape index (κ2) is 8.21. The Morgan fingerprint density at radius 3 is 2.66 bits per heavy atom. The minimum atomic E-state index is -0.993. The fourth-order valence-electron chi connectivity index (χ4n) is 4.36. The van der Waals surface area contributed by atoms with Gasteiger partial charge in [0.05, 0.1) is 24.6 Å². The lowest BCUT2D eigenvalue weighted by molar-refractivity contribution is 0.00722. The number of aliphatic hydroxyl groups excluding tert-OH is 2. The van der Waals surface area contributed by atoms with Gasteiger partial charge >= 0.3 is 0 Å². The molecule has 0 radical (unpaired) electrons. The number of nitrogens with zero attached hydrogens (tertiary/aromatic N) is 6. The van der Waals surface area contributed by atoms with Gasteiger partial charge in [-0.15, -0.1) is 0 Å². The number of aryl methyl sites for hydroxylation is 1. The van der Waals surface area contributed by atoms with Crippen LogP contribution in [0.3, 0.4) is 0 Å². The van der Waals surface area contributed by atoms with E-state index in [4.69, 9.17) is 5.73 Å². The summed E-state index contributed by atoms with van der Waals surface area (Å²) in [6, 6.07) is 9.38. The number of nitrogen functional groups attached to an aromatic ring is 1. The quantitative estimate of drug-likeness (QED) is 0.358. The van der Waals surface area contributed by atoms with E-state index in [1.54, 1.807) is 21.8 Å². The molecular formula is C22H26N8O2. The van der Waals surface area contributed by atoms with Gasteiger partial charge in [-0.1, -0.05) is 30.3 Å². The lowest BCUT2D eigenvalue weighted by Gasteiger charge is -2.18. The molecule has 1 aromatic carbocycles. The molecular weight excluding hydrogens is 408 g/mol. The van der Waals surface area contributed by atoms with Gasteiger partial charge in [0.15, 0.2) is 11.5 Å². The van der Waals surface area contributed by atoms with Gasteiger partial charge in [-0.3, -0.25) is 4.68 Å².